The summed E-state index contributed by atoms with van der Waals surface area (Å²) in [6, 6.07) is 9.25. The number of methoxy groups -OCH3 is 1. The number of nitrogens with zero attached hydrogens (tertiary/aromatic N) is 1. The minimum Gasteiger partial charge on any atom is -0.493 e. The highest BCUT2D eigenvalue weighted by Gasteiger charge is 2.42. The first-order chi connectivity index (χ1) is 18.1. The third-order valence-electron chi connectivity index (χ3n) is 7.10. The molecule has 11 heteroatoms. The van der Waals surface area contributed by atoms with E-state index in [2.05, 4.69) is 0 Å². The lowest BCUT2D eigenvalue weighted by molar-refractivity contribution is -0.147. The van der Waals surface area contributed by atoms with Gasteiger partial charge in [-0.25, -0.2) is 8.42 Å². The van der Waals surface area contributed by atoms with Gasteiger partial charge in [0.05, 0.1) is 24.2 Å². The molecule has 0 spiro atoms. The zero-order valence-corrected chi connectivity index (χ0v) is 22.0. The number of esters is 1. The van der Waals surface area contributed by atoms with E-state index in [0.29, 0.717) is 18.3 Å². The molecule has 0 aromatic heterocycles. The summed E-state index contributed by atoms with van der Waals surface area (Å²) in [4.78, 5) is 12.6. The van der Waals surface area contributed by atoms with Crippen LogP contribution in [0.25, 0.3) is 0 Å². The van der Waals surface area contributed by atoms with Gasteiger partial charge in [0.1, 0.15) is 23.6 Å². The molecule has 2 atom stereocenters. The summed E-state index contributed by atoms with van der Waals surface area (Å²) in [5.41, 5.74) is -0.802. The third-order valence-corrected chi connectivity index (χ3v) is 9.03. The predicted octanol–water partition coefficient (Wildman–Crippen LogP) is 5.44. The lowest BCUT2D eigenvalue weighted by atomic mass is 9.90. The second-order valence-electron chi connectivity index (χ2n) is 9.73. The fourth-order valence-electron chi connectivity index (χ4n) is 4.98. The highest BCUT2D eigenvalue weighted by atomic mass is 32.2. The maximum Gasteiger partial charge on any atom is 0.416 e. The van der Waals surface area contributed by atoms with Gasteiger partial charge in [-0.3, -0.25) is 4.79 Å². The van der Waals surface area contributed by atoms with E-state index in [9.17, 15) is 26.4 Å². The van der Waals surface area contributed by atoms with Crippen molar-refractivity contribution in [2.24, 2.45) is 5.92 Å². The van der Waals surface area contributed by atoms with Crippen LogP contribution < -0.4 is 9.47 Å². The lowest BCUT2D eigenvalue weighted by Gasteiger charge is -2.36. The summed E-state index contributed by atoms with van der Waals surface area (Å²) >= 11 is 0. The molecule has 1 aliphatic carbocycles. The minimum atomic E-state index is -4.46. The summed E-state index contributed by atoms with van der Waals surface area (Å²) in [7, 11) is -2.87. The molecule has 1 saturated carbocycles. The molecule has 2 fully saturated rings. The van der Waals surface area contributed by atoms with Crippen LogP contribution in [-0.4, -0.2) is 51.1 Å². The second kappa shape index (κ2) is 11.9. The van der Waals surface area contributed by atoms with Crippen LogP contribution in [0.3, 0.4) is 0 Å². The second-order valence-corrected chi connectivity index (χ2v) is 11.6. The van der Waals surface area contributed by atoms with Crippen LogP contribution in [0.5, 0.6) is 11.5 Å². The van der Waals surface area contributed by atoms with E-state index in [1.54, 1.807) is 12.1 Å². The Labute approximate surface area is 220 Å². The molecule has 38 heavy (non-hydrogen) atoms. The van der Waals surface area contributed by atoms with Crippen LogP contribution in [0.4, 0.5) is 13.2 Å². The average molecular weight is 556 g/mol. The van der Waals surface area contributed by atoms with Crippen LogP contribution in [0.2, 0.25) is 0 Å². The fraction of sp³-hybridized carbons (Fsp3) is 0.519. The van der Waals surface area contributed by atoms with E-state index in [0.717, 1.165) is 29.3 Å². The standard InChI is InChI=1S/C27H32F3NO6S/c1-35-26(32)25-17-23(37-22-9-7-20(8-10-22)27(28,29)30)15-16-31(25)38(33,34)24-13-11-21(12-14-24)36-18-19-5-3-2-4-6-19/h7-14,19,23,25H,2-6,15-18H2,1H3/t23-,25-/m0/s1. The van der Waals surface area contributed by atoms with Gasteiger partial charge in [0.25, 0.3) is 0 Å². The molecule has 0 unspecified atom stereocenters. The molecule has 2 aromatic carbocycles. The lowest BCUT2D eigenvalue weighted by Crippen LogP contribution is -2.52. The Morgan fingerprint density at radius 3 is 2.18 bits per heavy atom. The van der Waals surface area contributed by atoms with Crippen LogP contribution in [0.1, 0.15) is 50.5 Å². The van der Waals surface area contributed by atoms with Gasteiger partial charge in [-0.05, 0) is 73.7 Å². The maximum absolute atomic E-state index is 13.5. The molecule has 0 amide bonds. The Morgan fingerprint density at radius 2 is 1.58 bits per heavy atom. The monoisotopic (exact) mass is 555 g/mol. The summed E-state index contributed by atoms with van der Waals surface area (Å²) in [6.07, 6.45) is 1.14. The summed E-state index contributed by atoms with van der Waals surface area (Å²) in [6.45, 7) is 0.580. The molecule has 208 valence electrons. The van der Waals surface area contributed by atoms with E-state index in [-0.39, 0.29) is 30.0 Å². The van der Waals surface area contributed by atoms with Crippen LogP contribution in [0.15, 0.2) is 53.4 Å². The third kappa shape index (κ3) is 6.79. The number of carbonyl (C=O) groups excluding carboxylic acids is 1. The molecular formula is C27H32F3NO6S. The average Bonchev–Trinajstić information content (AvgIpc) is 2.92. The Morgan fingerprint density at radius 1 is 0.947 bits per heavy atom. The number of piperidine rings is 1. The van der Waals surface area contributed by atoms with Crippen molar-refractivity contribution in [3.8, 4) is 11.5 Å². The quantitative estimate of drug-likeness (QED) is 0.404. The molecule has 0 radical (unpaired) electrons. The molecule has 2 aromatic rings. The number of sulfonamides is 1. The fourth-order valence-corrected chi connectivity index (χ4v) is 6.59. The molecular weight excluding hydrogens is 523 g/mol. The molecule has 1 heterocycles. The van der Waals surface area contributed by atoms with Crippen molar-refractivity contribution in [1.29, 1.82) is 0 Å². The van der Waals surface area contributed by atoms with Gasteiger partial charge >= 0.3 is 12.1 Å². The molecule has 1 aliphatic heterocycles. The van der Waals surface area contributed by atoms with Gasteiger partial charge in [0.15, 0.2) is 0 Å². The van der Waals surface area contributed by atoms with Crippen molar-refractivity contribution < 1.29 is 40.6 Å². The number of hydrogen-bond acceptors (Lipinski definition) is 6. The number of alkyl halides is 3. The first-order valence-corrected chi connectivity index (χ1v) is 14.2. The molecule has 1 saturated heterocycles. The van der Waals surface area contributed by atoms with Crippen molar-refractivity contribution in [2.75, 3.05) is 20.3 Å². The number of rotatable bonds is 8. The SMILES string of the molecule is COC(=O)[C@@H]1C[C@@H](Oc2ccc(C(F)(F)F)cc2)CCN1S(=O)(=O)c1ccc(OCC2CCCCC2)cc1. The summed E-state index contributed by atoms with van der Waals surface area (Å²) in [5, 5.41) is 0. The van der Waals surface area contributed by atoms with Crippen molar-refractivity contribution in [3.63, 3.8) is 0 Å². The van der Waals surface area contributed by atoms with E-state index < -0.39 is 39.9 Å². The topological polar surface area (TPSA) is 82.1 Å². The number of benzene rings is 2. The predicted molar refractivity (Wildman–Crippen MR) is 133 cm³/mol. The molecule has 4 rings (SSSR count). The van der Waals surface area contributed by atoms with Gasteiger partial charge in [-0.2, -0.15) is 17.5 Å². The number of hydrogen-bond donors (Lipinski definition) is 0. The molecule has 0 bridgehead atoms. The van der Waals surface area contributed by atoms with Crippen LogP contribution in [0, 0.1) is 5.92 Å². The van der Waals surface area contributed by atoms with Gasteiger partial charge in [-0.1, -0.05) is 19.3 Å². The van der Waals surface area contributed by atoms with E-state index in [4.69, 9.17) is 14.2 Å². The molecule has 2 aliphatic rings. The van der Waals surface area contributed by atoms with Gasteiger partial charge in [0, 0.05) is 13.0 Å². The van der Waals surface area contributed by atoms with Crippen LogP contribution in [-0.2, 0) is 25.7 Å². The van der Waals surface area contributed by atoms with Crippen molar-refractivity contribution in [3.05, 3.63) is 54.1 Å². The molecule has 7 nitrogen and oxygen atoms in total. The first kappa shape index (κ1) is 28.2. The minimum absolute atomic E-state index is 0.00446. The number of halogens is 3. The summed E-state index contributed by atoms with van der Waals surface area (Å²) < 4.78 is 83.0. The van der Waals surface area contributed by atoms with Gasteiger partial charge < -0.3 is 14.2 Å². The summed E-state index contributed by atoms with van der Waals surface area (Å²) in [5.74, 6) is 0.565. The maximum atomic E-state index is 13.5. The van der Waals surface area contributed by atoms with Crippen molar-refractivity contribution in [1.82, 2.24) is 4.31 Å². The Bertz CT molecular complexity index is 1180. The van der Waals surface area contributed by atoms with Crippen molar-refractivity contribution >= 4 is 16.0 Å². The van der Waals surface area contributed by atoms with Gasteiger partial charge in [0.2, 0.25) is 10.0 Å². The van der Waals surface area contributed by atoms with E-state index in [1.165, 1.54) is 50.6 Å². The highest BCUT2D eigenvalue weighted by Crippen LogP contribution is 2.33. The Hall–Kier alpha value is -2.79. The largest absolute Gasteiger partial charge is 0.493 e. The van der Waals surface area contributed by atoms with E-state index in [1.807, 2.05) is 0 Å². The Balaban J connectivity index is 1.42. The molecule has 0 N–H and O–H groups in total. The number of ether oxygens (including phenoxy) is 3. The number of carbonyl (C=O) groups is 1. The van der Waals surface area contributed by atoms with E-state index >= 15 is 0 Å². The normalized spacial score (nSPS) is 21.6. The first-order valence-electron chi connectivity index (χ1n) is 12.7. The Kier molecular flexibility index (Phi) is 8.87. The van der Waals surface area contributed by atoms with Crippen LogP contribution >= 0.6 is 0 Å². The highest BCUT2D eigenvalue weighted by molar-refractivity contribution is 7.89. The smallest absolute Gasteiger partial charge is 0.416 e. The zero-order valence-electron chi connectivity index (χ0n) is 21.2. The zero-order chi connectivity index (χ0) is 27.3. The van der Waals surface area contributed by atoms with Crippen molar-refractivity contribution in [2.45, 2.75) is 68.2 Å². The van der Waals surface area contributed by atoms with Gasteiger partial charge in [-0.15, -0.1) is 0 Å².